The number of hydrogen-bond donors (Lipinski definition) is 0. The van der Waals surface area contributed by atoms with E-state index in [2.05, 4.69) is 0 Å². The second-order valence-corrected chi connectivity index (χ2v) is 4.71. The number of benzene rings is 2. The van der Waals surface area contributed by atoms with E-state index in [0.717, 1.165) is 5.56 Å². The molecule has 1 nitrogen and oxygen atoms in total. The Balaban J connectivity index is 2.53. The third kappa shape index (κ3) is 3.01. The minimum absolute atomic E-state index is 0.166. The summed E-state index contributed by atoms with van der Waals surface area (Å²) in [6.07, 6.45) is 0.166. The summed E-state index contributed by atoms with van der Waals surface area (Å²) in [6, 6.07) is 11.5. The molecule has 0 aliphatic heterocycles. The molecule has 2 rings (SSSR count). The molecule has 90 valence electrons. The maximum absolute atomic E-state index is 13.5. The first kappa shape index (κ1) is 12.9. The van der Waals surface area contributed by atoms with Crippen molar-refractivity contribution in [3.05, 3.63) is 57.8 Å². The van der Waals surface area contributed by atoms with Crippen LogP contribution in [0.3, 0.4) is 0 Å². The molecule has 0 saturated heterocycles. The second-order valence-electron chi connectivity index (χ2n) is 3.84. The van der Waals surface area contributed by atoms with Gasteiger partial charge in [0.05, 0.1) is 12.5 Å². The normalized spacial score (nSPS) is 10.1. The topological polar surface area (TPSA) is 23.8 Å². The van der Waals surface area contributed by atoms with Crippen molar-refractivity contribution in [1.82, 2.24) is 0 Å². The van der Waals surface area contributed by atoms with E-state index in [1.54, 1.807) is 24.3 Å². The molecule has 0 bridgehead atoms. The van der Waals surface area contributed by atoms with Crippen LogP contribution in [-0.4, -0.2) is 0 Å². The maximum atomic E-state index is 13.5. The molecule has 0 spiro atoms. The Morgan fingerprint density at radius 3 is 2.17 bits per heavy atom. The summed E-state index contributed by atoms with van der Waals surface area (Å²) in [5, 5.41) is 9.62. The van der Waals surface area contributed by atoms with Crippen LogP contribution >= 0.6 is 23.2 Å². The van der Waals surface area contributed by atoms with Crippen LogP contribution in [-0.2, 0) is 6.42 Å². The smallest absolute Gasteiger partial charge is 0.124 e. The lowest BCUT2D eigenvalue weighted by Gasteiger charge is -2.06. The average molecular weight is 280 g/mol. The fourth-order valence-corrected chi connectivity index (χ4v) is 2.26. The highest BCUT2D eigenvalue weighted by atomic mass is 35.5. The number of hydrogen-bond acceptors (Lipinski definition) is 1. The molecule has 2 aromatic rings. The van der Waals surface area contributed by atoms with Gasteiger partial charge in [0.15, 0.2) is 0 Å². The summed E-state index contributed by atoms with van der Waals surface area (Å²) < 4.78 is 13.5. The van der Waals surface area contributed by atoms with Crippen LogP contribution in [0.25, 0.3) is 11.1 Å². The number of nitriles is 1. The summed E-state index contributed by atoms with van der Waals surface area (Å²) in [6.45, 7) is 0. The van der Waals surface area contributed by atoms with Gasteiger partial charge < -0.3 is 0 Å². The van der Waals surface area contributed by atoms with Crippen LogP contribution in [0.5, 0.6) is 0 Å². The Morgan fingerprint density at radius 1 is 0.944 bits per heavy atom. The van der Waals surface area contributed by atoms with E-state index in [4.69, 9.17) is 28.5 Å². The number of nitrogens with zero attached hydrogens (tertiary/aromatic N) is 1. The Morgan fingerprint density at radius 2 is 1.56 bits per heavy atom. The van der Waals surface area contributed by atoms with Gasteiger partial charge in [0, 0.05) is 10.0 Å². The molecule has 0 aliphatic rings. The molecule has 0 heterocycles. The highest BCUT2D eigenvalue weighted by molar-refractivity contribution is 6.35. The molecule has 0 aromatic heterocycles. The number of rotatable bonds is 2. The SMILES string of the molecule is N#CCc1cc(F)cc(-c2cc(Cl)cc(Cl)c2)c1. The van der Waals surface area contributed by atoms with Crippen LogP contribution < -0.4 is 0 Å². The zero-order valence-electron chi connectivity index (χ0n) is 9.25. The van der Waals surface area contributed by atoms with Gasteiger partial charge in [0.2, 0.25) is 0 Å². The van der Waals surface area contributed by atoms with Gasteiger partial charge in [-0.3, -0.25) is 0 Å². The van der Waals surface area contributed by atoms with E-state index in [0.29, 0.717) is 21.2 Å². The zero-order valence-corrected chi connectivity index (χ0v) is 10.8. The molecule has 0 atom stereocenters. The summed E-state index contributed by atoms with van der Waals surface area (Å²) in [7, 11) is 0. The monoisotopic (exact) mass is 279 g/mol. The van der Waals surface area contributed by atoms with Crippen LogP contribution in [0.4, 0.5) is 4.39 Å². The van der Waals surface area contributed by atoms with E-state index in [1.165, 1.54) is 12.1 Å². The maximum Gasteiger partial charge on any atom is 0.124 e. The molecule has 0 saturated carbocycles. The van der Waals surface area contributed by atoms with Crippen molar-refractivity contribution in [2.45, 2.75) is 6.42 Å². The number of halogens is 3. The van der Waals surface area contributed by atoms with E-state index >= 15 is 0 Å². The van der Waals surface area contributed by atoms with Gasteiger partial charge >= 0.3 is 0 Å². The van der Waals surface area contributed by atoms with Gasteiger partial charge in [-0.15, -0.1) is 0 Å². The van der Waals surface area contributed by atoms with E-state index < -0.39 is 0 Å². The van der Waals surface area contributed by atoms with Crippen molar-refractivity contribution in [2.24, 2.45) is 0 Å². The van der Waals surface area contributed by atoms with Crippen molar-refractivity contribution in [1.29, 1.82) is 5.26 Å². The van der Waals surface area contributed by atoms with Crippen LogP contribution in [0, 0.1) is 17.1 Å². The van der Waals surface area contributed by atoms with Gasteiger partial charge in [0.1, 0.15) is 5.82 Å². The Bertz CT molecular complexity index is 612. The summed E-state index contributed by atoms with van der Waals surface area (Å²) >= 11 is 11.8. The molecule has 0 aliphatic carbocycles. The summed E-state index contributed by atoms with van der Waals surface area (Å²) in [5.74, 6) is -0.381. The van der Waals surface area contributed by atoms with Crippen LogP contribution in [0.2, 0.25) is 10.0 Å². The van der Waals surface area contributed by atoms with E-state index in [1.807, 2.05) is 6.07 Å². The van der Waals surface area contributed by atoms with E-state index in [9.17, 15) is 4.39 Å². The first-order chi connectivity index (χ1) is 8.58. The molecular weight excluding hydrogens is 272 g/mol. The quantitative estimate of drug-likeness (QED) is 0.770. The lowest BCUT2D eigenvalue weighted by Crippen LogP contribution is -1.87. The fourth-order valence-electron chi connectivity index (χ4n) is 1.73. The van der Waals surface area contributed by atoms with Crippen molar-refractivity contribution < 1.29 is 4.39 Å². The molecule has 18 heavy (non-hydrogen) atoms. The first-order valence-electron chi connectivity index (χ1n) is 5.21. The van der Waals surface area contributed by atoms with Gasteiger partial charge in [0.25, 0.3) is 0 Å². The highest BCUT2D eigenvalue weighted by Gasteiger charge is 2.05. The predicted molar refractivity (Wildman–Crippen MR) is 71.2 cm³/mol. The molecule has 0 N–H and O–H groups in total. The van der Waals surface area contributed by atoms with Gasteiger partial charge in [-0.1, -0.05) is 23.2 Å². The zero-order chi connectivity index (χ0) is 13.1. The fraction of sp³-hybridized carbons (Fsp3) is 0.0714. The Hall–Kier alpha value is -1.56. The van der Waals surface area contributed by atoms with Crippen molar-refractivity contribution >= 4 is 23.2 Å². The minimum Gasteiger partial charge on any atom is -0.207 e. The molecular formula is C14H8Cl2FN. The first-order valence-corrected chi connectivity index (χ1v) is 5.97. The third-order valence-corrected chi connectivity index (χ3v) is 2.87. The molecule has 0 radical (unpaired) electrons. The van der Waals surface area contributed by atoms with Crippen LogP contribution in [0.15, 0.2) is 36.4 Å². The summed E-state index contributed by atoms with van der Waals surface area (Å²) in [4.78, 5) is 0. The van der Waals surface area contributed by atoms with Gasteiger partial charge in [-0.05, 0) is 53.1 Å². The molecule has 0 amide bonds. The second kappa shape index (κ2) is 5.39. The lowest BCUT2D eigenvalue weighted by molar-refractivity contribution is 0.626. The van der Waals surface area contributed by atoms with Gasteiger partial charge in [-0.25, -0.2) is 4.39 Å². The highest BCUT2D eigenvalue weighted by Crippen LogP contribution is 2.28. The average Bonchev–Trinajstić information content (AvgIpc) is 2.27. The standard InChI is InChI=1S/C14H8Cl2FN/c15-12-5-11(6-13(16)8-12)10-3-9(1-2-18)4-14(17)7-10/h3-8H,1H2. The largest absolute Gasteiger partial charge is 0.207 e. The predicted octanol–water partition coefficient (Wildman–Crippen LogP) is 4.87. The van der Waals surface area contributed by atoms with Crippen LogP contribution in [0.1, 0.15) is 5.56 Å². The Labute approximate surface area is 114 Å². The molecule has 2 aromatic carbocycles. The Kier molecular flexibility index (Phi) is 3.86. The lowest BCUT2D eigenvalue weighted by atomic mass is 10.0. The van der Waals surface area contributed by atoms with Crippen molar-refractivity contribution in [3.63, 3.8) is 0 Å². The molecule has 0 unspecified atom stereocenters. The third-order valence-electron chi connectivity index (χ3n) is 2.44. The molecule has 4 heteroatoms. The van der Waals surface area contributed by atoms with Gasteiger partial charge in [-0.2, -0.15) is 5.26 Å². The van der Waals surface area contributed by atoms with Crippen molar-refractivity contribution in [2.75, 3.05) is 0 Å². The summed E-state index contributed by atoms with van der Waals surface area (Å²) in [5.41, 5.74) is 2.01. The van der Waals surface area contributed by atoms with Crippen molar-refractivity contribution in [3.8, 4) is 17.2 Å². The van der Waals surface area contributed by atoms with E-state index in [-0.39, 0.29) is 12.2 Å². The molecule has 0 fully saturated rings. The minimum atomic E-state index is -0.381.